The summed E-state index contributed by atoms with van der Waals surface area (Å²) in [7, 11) is 2.76. The number of ether oxygens (including phenoxy) is 1. The van der Waals surface area contributed by atoms with Gasteiger partial charge in [0.25, 0.3) is 11.8 Å². The van der Waals surface area contributed by atoms with Crippen molar-refractivity contribution in [3.05, 3.63) is 76.8 Å². The fourth-order valence-electron chi connectivity index (χ4n) is 5.26. The van der Waals surface area contributed by atoms with E-state index < -0.39 is 41.1 Å². The Morgan fingerprint density at radius 2 is 2.05 bits per heavy atom. The number of H-pyrrole nitrogens is 1. The van der Waals surface area contributed by atoms with Gasteiger partial charge in [-0.2, -0.15) is 0 Å². The third kappa shape index (κ3) is 3.81. The Hall–Kier alpha value is -4.30. The summed E-state index contributed by atoms with van der Waals surface area (Å²) >= 11 is 0. The summed E-state index contributed by atoms with van der Waals surface area (Å²) in [6.45, 7) is 7.50. The molecule has 0 radical (unpaired) electrons. The highest BCUT2D eigenvalue weighted by Crippen LogP contribution is 2.46. The summed E-state index contributed by atoms with van der Waals surface area (Å²) in [4.78, 5) is 48.9. The van der Waals surface area contributed by atoms with Crippen molar-refractivity contribution in [3.8, 4) is 0 Å². The van der Waals surface area contributed by atoms with E-state index in [0.29, 0.717) is 5.69 Å². The van der Waals surface area contributed by atoms with E-state index in [0.717, 1.165) is 22.6 Å². The molecule has 3 aromatic rings. The predicted molar refractivity (Wildman–Crippen MR) is 129 cm³/mol. The van der Waals surface area contributed by atoms with Crippen LogP contribution in [0.3, 0.4) is 0 Å². The van der Waals surface area contributed by atoms with Gasteiger partial charge in [0.2, 0.25) is 5.91 Å². The van der Waals surface area contributed by atoms with Crippen LogP contribution in [-0.4, -0.2) is 72.0 Å². The number of nitrogens with one attached hydrogen (secondary N) is 2. The van der Waals surface area contributed by atoms with Crippen molar-refractivity contribution in [3.63, 3.8) is 0 Å². The van der Waals surface area contributed by atoms with Crippen LogP contribution in [0, 0.1) is 18.2 Å². The highest BCUT2D eigenvalue weighted by Gasteiger charge is 2.59. The van der Waals surface area contributed by atoms with Crippen LogP contribution in [0.25, 0.3) is 15.7 Å². The molecule has 0 aliphatic carbocycles. The van der Waals surface area contributed by atoms with Gasteiger partial charge in [-0.1, -0.05) is 18.2 Å². The molecule has 37 heavy (non-hydrogen) atoms. The van der Waals surface area contributed by atoms with Gasteiger partial charge in [-0.3, -0.25) is 24.1 Å². The van der Waals surface area contributed by atoms with Gasteiger partial charge in [0.05, 0.1) is 18.5 Å². The first-order valence-corrected chi connectivity index (χ1v) is 11.5. The average Bonchev–Trinajstić information content (AvgIpc) is 3.56. The minimum atomic E-state index is -1.13. The van der Waals surface area contributed by atoms with Gasteiger partial charge in [-0.15, -0.1) is 0 Å². The molecule has 1 saturated heterocycles. The van der Waals surface area contributed by atoms with E-state index in [-0.39, 0.29) is 42.1 Å². The Morgan fingerprint density at radius 3 is 2.78 bits per heavy atom. The number of fused-ring (bicyclic) bond motifs is 3. The summed E-state index contributed by atoms with van der Waals surface area (Å²) in [5, 5.41) is 2.88. The molecule has 0 saturated carbocycles. The van der Waals surface area contributed by atoms with Crippen LogP contribution in [0.4, 0.5) is 14.5 Å². The van der Waals surface area contributed by atoms with E-state index in [4.69, 9.17) is 11.3 Å². The molecule has 190 valence electrons. The van der Waals surface area contributed by atoms with Crippen molar-refractivity contribution in [2.24, 2.45) is 0 Å². The Bertz CT molecular complexity index is 1480. The Morgan fingerprint density at radius 1 is 1.30 bits per heavy atom. The van der Waals surface area contributed by atoms with Crippen molar-refractivity contribution in [2.75, 3.05) is 32.6 Å². The number of hydrogen-bond donors (Lipinski definition) is 2. The van der Waals surface area contributed by atoms with Crippen LogP contribution < -0.4 is 5.32 Å². The molecule has 3 atom stereocenters. The monoisotopic (exact) mass is 507 g/mol. The normalized spacial score (nSPS) is 21.1. The van der Waals surface area contributed by atoms with Gasteiger partial charge in [0.15, 0.2) is 0 Å². The number of carbonyl (C=O) groups is 3. The van der Waals surface area contributed by atoms with Crippen molar-refractivity contribution < 1.29 is 27.9 Å². The lowest BCUT2D eigenvalue weighted by atomic mass is 9.80. The molecule has 2 N–H and O–H groups in total. The van der Waals surface area contributed by atoms with Crippen molar-refractivity contribution in [1.82, 2.24) is 14.8 Å². The molecule has 3 amide bonds. The van der Waals surface area contributed by atoms with E-state index in [1.54, 1.807) is 18.2 Å². The van der Waals surface area contributed by atoms with E-state index in [1.165, 1.54) is 25.1 Å². The number of benzene rings is 2. The molecule has 2 aromatic carbocycles. The Kier molecular flexibility index (Phi) is 5.92. The first-order chi connectivity index (χ1) is 17.7. The van der Waals surface area contributed by atoms with E-state index in [9.17, 15) is 23.2 Å². The number of anilines is 1. The van der Waals surface area contributed by atoms with Crippen LogP contribution in [0.15, 0.2) is 42.5 Å². The van der Waals surface area contributed by atoms with Crippen LogP contribution >= 0.6 is 0 Å². The summed E-state index contributed by atoms with van der Waals surface area (Å²) in [5.74, 6) is -3.10. The zero-order chi connectivity index (χ0) is 26.5. The van der Waals surface area contributed by atoms with Crippen LogP contribution in [0.1, 0.15) is 22.5 Å². The van der Waals surface area contributed by atoms with Gasteiger partial charge in [0, 0.05) is 37.8 Å². The fourth-order valence-corrected chi connectivity index (χ4v) is 5.26. The molecule has 5 rings (SSSR count). The number of amides is 3. The molecular weight excluding hydrogens is 484 g/mol. The topological polar surface area (TPSA) is 99.1 Å². The summed E-state index contributed by atoms with van der Waals surface area (Å²) in [6.07, 6.45) is -0.799. The number of methoxy groups -OCH3 is 1. The molecule has 0 bridgehead atoms. The third-order valence-corrected chi connectivity index (χ3v) is 7.17. The number of aromatic amines is 1. The molecule has 3 heterocycles. The number of aromatic nitrogens is 1. The van der Waals surface area contributed by atoms with Gasteiger partial charge >= 0.3 is 6.17 Å². The largest absolute Gasteiger partial charge is 0.382 e. The molecule has 2 aliphatic heterocycles. The van der Waals surface area contributed by atoms with Gasteiger partial charge in [-0.25, -0.2) is 15.4 Å². The summed E-state index contributed by atoms with van der Waals surface area (Å²) < 4.78 is 33.0. The minimum absolute atomic E-state index is 0.0269. The number of nitrogens with zero attached hydrogens (tertiary/aromatic N) is 3. The van der Waals surface area contributed by atoms with Crippen molar-refractivity contribution in [2.45, 2.75) is 24.0 Å². The molecule has 1 fully saturated rings. The lowest BCUT2D eigenvalue weighted by Crippen LogP contribution is -2.53. The van der Waals surface area contributed by atoms with Crippen LogP contribution in [-0.2, 0) is 19.7 Å². The summed E-state index contributed by atoms with van der Waals surface area (Å²) in [5.41, 5.74) is 0.363. The lowest BCUT2D eigenvalue weighted by molar-refractivity contribution is -0.138. The SMILES string of the molecule is [C-]#[N+][C@@H]1C[C@@]2(CN1C(=O)[C@H](COC)N(C)C(=O)c1cc3c(F)cc(F)cc3[nH]1)C(=O)Nc1ccccc12. The second-order valence-electron chi connectivity index (χ2n) is 9.28. The maximum atomic E-state index is 14.2. The van der Waals surface area contributed by atoms with Crippen LogP contribution in [0.5, 0.6) is 0 Å². The molecule has 1 spiro atoms. The molecular formula is C26H23F2N5O4. The first kappa shape index (κ1) is 24.4. The number of hydrogen-bond acceptors (Lipinski definition) is 4. The standard InChI is InChI=1S/C26H23F2N5O4/c1-29-22-11-26(16-6-4-5-7-18(16)31-25(26)36)13-33(22)24(35)21(12-37-3)32(2)23(34)20-10-15-17(28)8-14(27)9-19(15)30-20/h4-10,21-22,30H,11-13H2,2-3H3,(H,31,36)/t21-,22-,26-/m0/s1. The molecule has 11 heteroatoms. The van der Waals surface area contributed by atoms with Gasteiger partial charge < -0.3 is 19.9 Å². The van der Waals surface area contributed by atoms with Gasteiger partial charge in [0.1, 0.15) is 28.8 Å². The number of likely N-dealkylation sites (N-methyl/N-ethyl adjacent to an activating group) is 1. The Labute approximate surface area is 210 Å². The van der Waals surface area contributed by atoms with E-state index in [2.05, 4.69) is 15.1 Å². The van der Waals surface area contributed by atoms with Gasteiger partial charge in [-0.05, 0) is 23.8 Å². The van der Waals surface area contributed by atoms with E-state index in [1.807, 2.05) is 6.07 Å². The zero-order valence-corrected chi connectivity index (χ0v) is 20.0. The molecule has 2 aliphatic rings. The number of para-hydroxylation sites is 1. The fraction of sp³-hybridized carbons (Fsp3) is 0.308. The molecule has 0 unspecified atom stereocenters. The second-order valence-corrected chi connectivity index (χ2v) is 9.28. The van der Waals surface area contributed by atoms with Crippen molar-refractivity contribution >= 4 is 34.3 Å². The van der Waals surface area contributed by atoms with Crippen molar-refractivity contribution in [1.29, 1.82) is 0 Å². The molecule has 9 nitrogen and oxygen atoms in total. The maximum absolute atomic E-state index is 14.2. The number of likely N-dealkylation sites (tertiary alicyclic amines) is 1. The third-order valence-electron chi connectivity index (χ3n) is 7.17. The smallest absolute Gasteiger partial charge is 0.302 e. The number of halogens is 2. The zero-order valence-electron chi connectivity index (χ0n) is 20.0. The number of rotatable bonds is 5. The average molecular weight is 507 g/mol. The second kappa shape index (κ2) is 8.97. The quantitative estimate of drug-likeness (QED) is 0.519. The highest BCUT2D eigenvalue weighted by molar-refractivity contribution is 6.07. The van der Waals surface area contributed by atoms with E-state index >= 15 is 0 Å². The predicted octanol–water partition coefficient (Wildman–Crippen LogP) is 2.90. The minimum Gasteiger partial charge on any atom is -0.382 e. The first-order valence-electron chi connectivity index (χ1n) is 11.5. The highest BCUT2D eigenvalue weighted by atomic mass is 19.1. The molecule has 1 aromatic heterocycles. The Balaban J connectivity index is 1.45. The lowest BCUT2D eigenvalue weighted by Gasteiger charge is -2.30. The number of carbonyl (C=O) groups excluding carboxylic acids is 3. The summed E-state index contributed by atoms with van der Waals surface area (Å²) in [6, 6.07) is 9.08. The van der Waals surface area contributed by atoms with Crippen LogP contribution in [0.2, 0.25) is 0 Å². The maximum Gasteiger partial charge on any atom is 0.302 e.